The Labute approximate surface area is 99.7 Å². The van der Waals surface area contributed by atoms with Crippen LogP contribution in [0.4, 0.5) is 0 Å². The van der Waals surface area contributed by atoms with Gasteiger partial charge in [-0.05, 0) is 43.2 Å². The van der Waals surface area contributed by atoms with Crippen LogP contribution in [0.25, 0.3) is 16.7 Å². The number of hydrogen-bond acceptors (Lipinski definition) is 2. The average molecular weight is 223 g/mol. The standard InChI is InChI=1S/C14H13N3/c1-10-6-5-9-13(11(10)2)17-14-8-4-3-7-12(14)15-16-17/h3-9H,1-2H3. The minimum atomic E-state index is 0.924. The minimum Gasteiger partial charge on any atom is -0.213 e. The van der Waals surface area contributed by atoms with Crippen LogP contribution in [0.2, 0.25) is 0 Å². The van der Waals surface area contributed by atoms with E-state index in [1.165, 1.54) is 11.1 Å². The van der Waals surface area contributed by atoms with Gasteiger partial charge in [-0.2, -0.15) is 0 Å². The third kappa shape index (κ3) is 1.51. The zero-order valence-corrected chi connectivity index (χ0v) is 9.88. The molecule has 0 fully saturated rings. The largest absolute Gasteiger partial charge is 0.213 e. The molecule has 0 amide bonds. The van der Waals surface area contributed by atoms with Gasteiger partial charge < -0.3 is 0 Å². The third-order valence-corrected chi connectivity index (χ3v) is 3.16. The summed E-state index contributed by atoms with van der Waals surface area (Å²) >= 11 is 0. The van der Waals surface area contributed by atoms with E-state index in [2.05, 4.69) is 36.3 Å². The molecule has 17 heavy (non-hydrogen) atoms. The van der Waals surface area contributed by atoms with Crippen LogP contribution in [0, 0.1) is 13.8 Å². The summed E-state index contributed by atoms with van der Waals surface area (Å²) in [5.74, 6) is 0. The Morgan fingerprint density at radius 2 is 1.76 bits per heavy atom. The number of para-hydroxylation sites is 1. The highest BCUT2D eigenvalue weighted by Gasteiger charge is 2.08. The van der Waals surface area contributed by atoms with Gasteiger partial charge in [-0.15, -0.1) is 5.10 Å². The van der Waals surface area contributed by atoms with Crippen LogP contribution in [0.15, 0.2) is 42.5 Å². The summed E-state index contributed by atoms with van der Waals surface area (Å²) in [5, 5.41) is 8.41. The van der Waals surface area contributed by atoms with Crippen molar-refractivity contribution in [2.45, 2.75) is 13.8 Å². The maximum atomic E-state index is 4.23. The van der Waals surface area contributed by atoms with Crippen molar-refractivity contribution in [2.24, 2.45) is 0 Å². The first-order valence-electron chi connectivity index (χ1n) is 5.64. The van der Waals surface area contributed by atoms with Gasteiger partial charge in [0.25, 0.3) is 0 Å². The molecular formula is C14H13N3. The van der Waals surface area contributed by atoms with E-state index >= 15 is 0 Å². The SMILES string of the molecule is Cc1cccc(-n2nnc3ccccc32)c1C. The second kappa shape index (κ2) is 3.70. The van der Waals surface area contributed by atoms with Crippen molar-refractivity contribution < 1.29 is 0 Å². The second-order valence-corrected chi connectivity index (χ2v) is 4.21. The van der Waals surface area contributed by atoms with Gasteiger partial charge in [0.05, 0.1) is 11.2 Å². The molecule has 1 aromatic heterocycles. The van der Waals surface area contributed by atoms with Gasteiger partial charge in [0.2, 0.25) is 0 Å². The predicted molar refractivity (Wildman–Crippen MR) is 68.3 cm³/mol. The first-order chi connectivity index (χ1) is 8.27. The second-order valence-electron chi connectivity index (χ2n) is 4.21. The van der Waals surface area contributed by atoms with Crippen molar-refractivity contribution in [1.29, 1.82) is 0 Å². The van der Waals surface area contributed by atoms with E-state index in [-0.39, 0.29) is 0 Å². The Morgan fingerprint density at radius 3 is 2.65 bits per heavy atom. The zero-order chi connectivity index (χ0) is 11.8. The summed E-state index contributed by atoms with van der Waals surface area (Å²) in [5.41, 5.74) is 5.57. The molecule has 0 unspecified atom stereocenters. The molecule has 0 atom stereocenters. The molecule has 0 aliphatic rings. The fourth-order valence-electron chi connectivity index (χ4n) is 2.01. The molecule has 1 heterocycles. The van der Waals surface area contributed by atoms with Crippen molar-refractivity contribution in [2.75, 3.05) is 0 Å². The van der Waals surface area contributed by atoms with Crippen LogP contribution in [0.1, 0.15) is 11.1 Å². The van der Waals surface area contributed by atoms with Gasteiger partial charge in [-0.1, -0.05) is 29.5 Å². The lowest BCUT2D eigenvalue weighted by Crippen LogP contribution is -2.00. The van der Waals surface area contributed by atoms with Crippen LogP contribution in [0.5, 0.6) is 0 Å². The summed E-state index contributed by atoms with van der Waals surface area (Å²) in [4.78, 5) is 0. The molecule has 2 aromatic carbocycles. The van der Waals surface area contributed by atoms with E-state index in [0.717, 1.165) is 16.7 Å². The molecule has 0 aliphatic heterocycles. The molecule has 3 rings (SSSR count). The van der Waals surface area contributed by atoms with E-state index < -0.39 is 0 Å². The molecule has 0 spiro atoms. The number of nitrogens with zero attached hydrogens (tertiary/aromatic N) is 3. The normalized spacial score (nSPS) is 10.9. The molecule has 3 aromatic rings. The Bertz CT molecular complexity index is 683. The lowest BCUT2D eigenvalue weighted by Gasteiger charge is -2.08. The molecule has 0 saturated carbocycles. The highest BCUT2D eigenvalue weighted by Crippen LogP contribution is 2.20. The zero-order valence-electron chi connectivity index (χ0n) is 9.88. The van der Waals surface area contributed by atoms with Crippen LogP contribution in [-0.4, -0.2) is 15.0 Å². The predicted octanol–water partition coefficient (Wildman–Crippen LogP) is 3.04. The van der Waals surface area contributed by atoms with Gasteiger partial charge in [0.1, 0.15) is 5.52 Å². The van der Waals surface area contributed by atoms with Crippen LogP contribution in [-0.2, 0) is 0 Å². The Kier molecular flexibility index (Phi) is 2.18. The first-order valence-corrected chi connectivity index (χ1v) is 5.64. The molecular weight excluding hydrogens is 210 g/mol. The number of aryl methyl sites for hydroxylation is 1. The molecule has 0 bridgehead atoms. The van der Waals surface area contributed by atoms with E-state index in [1.807, 2.05) is 35.0 Å². The molecule has 3 heteroatoms. The highest BCUT2D eigenvalue weighted by molar-refractivity contribution is 5.76. The number of aromatic nitrogens is 3. The molecule has 0 saturated heterocycles. The molecule has 3 nitrogen and oxygen atoms in total. The monoisotopic (exact) mass is 223 g/mol. The maximum Gasteiger partial charge on any atom is 0.113 e. The Balaban J connectivity index is 2.31. The van der Waals surface area contributed by atoms with Gasteiger partial charge in [-0.3, -0.25) is 0 Å². The average Bonchev–Trinajstić information content (AvgIpc) is 2.77. The van der Waals surface area contributed by atoms with Crippen LogP contribution >= 0.6 is 0 Å². The molecule has 84 valence electrons. The van der Waals surface area contributed by atoms with Gasteiger partial charge in [0, 0.05) is 0 Å². The third-order valence-electron chi connectivity index (χ3n) is 3.16. The lowest BCUT2D eigenvalue weighted by molar-refractivity contribution is 0.818. The summed E-state index contributed by atoms with van der Waals surface area (Å²) in [6, 6.07) is 14.2. The van der Waals surface area contributed by atoms with E-state index in [1.54, 1.807) is 0 Å². The Morgan fingerprint density at radius 1 is 0.941 bits per heavy atom. The number of hydrogen-bond donors (Lipinski definition) is 0. The summed E-state index contributed by atoms with van der Waals surface area (Å²) in [6.07, 6.45) is 0. The van der Waals surface area contributed by atoms with Crippen LogP contribution in [0.3, 0.4) is 0 Å². The summed E-state index contributed by atoms with van der Waals surface area (Å²) in [7, 11) is 0. The van der Waals surface area contributed by atoms with Crippen molar-refractivity contribution in [1.82, 2.24) is 15.0 Å². The van der Waals surface area contributed by atoms with E-state index in [4.69, 9.17) is 0 Å². The van der Waals surface area contributed by atoms with E-state index in [9.17, 15) is 0 Å². The molecule has 0 aliphatic carbocycles. The van der Waals surface area contributed by atoms with Crippen molar-refractivity contribution in [3.8, 4) is 5.69 Å². The lowest BCUT2D eigenvalue weighted by atomic mass is 10.1. The number of rotatable bonds is 1. The van der Waals surface area contributed by atoms with Crippen molar-refractivity contribution in [3.05, 3.63) is 53.6 Å². The topological polar surface area (TPSA) is 30.7 Å². The maximum absolute atomic E-state index is 4.23. The summed E-state index contributed by atoms with van der Waals surface area (Å²) in [6.45, 7) is 4.22. The van der Waals surface area contributed by atoms with Crippen LogP contribution < -0.4 is 0 Å². The fraction of sp³-hybridized carbons (Fsp3) is 0.143. The van der Waals surface area contributed by atoms with Crippen molar-refractivity contribution >= 4 is 11.0 Å². The highest BCUT2D eigenvalue weighted by atomic mass is 15.4. The first kappa shape index (κ1) is 10.0. The fourth-order valence-corrected chi connectivity index (χ4v) is 2.01. The minimum absolute atomic E-state index is 0.924. The van der Waals surface area contributed by atoms with Gasteiger partial charge >= 0.3 is 0 Å². The molecule has 0 N–H and O–H groups in total. The Hall–Kier alpha value is -2.16. The summed E-state index contributed by atoms with van der Waals surface area (Å²) < 4.78 is 1.90. The van der Waals surface area contributed by atoms with Crippen molar-refractivity contribution in [3.63, 3.8) is 0 Å². The smallest absolute Gasteiger partial charge is 0.113 e. The molecule has 0 radical (unpaired) electrons. The number of benzene rings is 2. The van der Waals surface area contributed by atoms with E-state index in [0.29, 0.717) is 0 Å². The number of fused-ring (bicyclic) bond motifs is 1. The van der Waals surface area contributed by atoms with Gasteiger partial charge in [0.15, 0.2) is 0 Å². The van der Waals surface area contributed by atoms with Gasteiger partial charge in [-0.25, -0.2) is 4.68 Å². The quantitative estimate of drug-likeness (QED) is 0.634.